The van der Waals surface area contributed by atoms with E-state index >= 15 is 0 Å². The number of aryl methyl sites for hydroxylation is 1. The van der Waals surface area contributed by atoms with E-state index in [1.807, 2.05) is 30.3 Å². The van der Waals surface area contributed by atoms with E-state index in [1.54, 1.807) is 24.9 Å². The van der Waals surface area contributed by atoms with Gasteiger partial charge in [-0.25, -0.2) is 13.6 Å². The maximum atomic E-state index is 14.5. The minimum atomic E-state index is -0.627. The Morgan fingerprint density at radius 3 is 2.67 bits per heavy atom. The van der Waals surface area contributed by atoms with Crippen molar-refractivity contribution >= 4 is 11.8 Å². The van der Waals surface area contributed by atoms with Crippen molar-refractivity contribution < 1.29 is 18.3 Å². The lowest BCUT2D eigenvalue weighted by Crippen LogP contribution is -2.42. The number of carbonyl (C=O) groups excluding carboxylic acids is 1. The highest BCUT2D eigenvalue weighted by atomic mass is 19.1. The first-order valence-electron chi connectivity index (χ1n) is 10.8. The molecule has 2 amide bonds. The van der Waals surface area contributed by atoms with Crippen LogP contribution in [0, 0.1) is 11.6 Å². The maximum absolute atomic E-state index is 14.5. The van der Waals surface area contributed by atoms with Crippen LogP contribution in [0.5, 0.6) is 0 Å². The van der Waals surface area contributed by atoms with Crippen molar-refractivity contribution in [2.45, 2.75) is 12.0 Å². The molecule has 4 rings (SSSR count). The van der Waals surface area contributed by atoms with Gasteiger partial charge in [0.15, 0.2) is 0 Å². The third-order valence-corrected chi connectivity index (χ3v) is 5.88. The lowest BCUT2D eigenvalue weighted by Gasteiger charge is -2.21. The third kappa shape index (κ3) is 5.37. The van der Waals surface area contributed by atoms with E-state index in [2.05, 4.69) is 20.6 Å². The van der Waals surface area contributed by atoms with Crippen LogP contribution in [0.3, 0.4) is 0 Å². The summed E-state index contributed by atoms with van der Waals surface area (Å²) >= 11 is 0. The first-order valence-corrected chi connectivity index (χ1v) is 10.8. The number of nitrogens with one attached hydrogen (secondary N) is 2. The fourth-order valence-corrected chi connectivity index (χ4v) is 4.21. The molecule has 1 aromatic heterocycles. The second-order valence-electron chi connectivity index (χ2n) is 8.13. The first kappa shape index (κ1) is 22.9. The number of hydrogen-bond acceptors (Lipinski definition) is 4. The maximum Gasteiger partial charge on any atom is 0.320 e. The van der Waals surface area contributed by atoms with Crippen LogP contribution in [0.25, 0.3) is 11.3 Å². The smallest absolute Gasteiger partial charge is 0.320 e. The summed E-state index contributed by atoms with van der Waals surface area (Å²) in [6.45, 7) is 2.23. The summed E-state index contributed by atoms with van der Waals surface area (Å²) < 4.78 is 34.7. The number of amides is 2. The molecule has 1 fully saturated rings. The van der Waals surface area contributed by atoms with Gasteiger partial charge in [0, 0.05) is 57.4 Å². The number of nitrogens with zero attached hydrogens (tertiary/aromatic N) is 3. The van der Waals surface area contributed by atoms with Crippen LogP contribution in [0.4, 0.5) is 19.4 Å². The van der Waals surface area contributed by atoms with Crippen LogP contribution in [0.15, 0.2) is 54.6 Å². The Labute approximate surface area is 191 Å². The van der Waals surface area contributed by atoms with E-state index in [0.717, 1.165) is 17.3 Å². The minimum Gasteiger partial charge on any atom is -0.383 e. The van der Waals surface area contributed by atoms with Crippen molar-refractivity contribution in [2.24, 2.45) is 7.05 Å². The number of ether oxygens (including phenoxy) is 1. The van der Waals surface area contributed by atoms with Crippen LogP contribution in [-0.4, -0.2) is 60.1 Å². The van der Waals surface area contributed by atoms with Gasteiger partial charge in [-0.1, -0.05) is 36.4 Å². The highest BCUT2D eigenvalue weighted by Crippen LogP contribution is 2.30. The molecule has 0 spiro atoms. The van der Waals surface area contributed by atoms with Gasteiger partial charge in [0.1, 0.15) is 17.5 Å². The highest BCUT2D eigenvalue weighted by Gasteiger charge is 2.36. The molecule has 0 radical (unpaired) electrons. The van der Waals surface area contributed by atoms with Crippen molar-refractivity contribution in [1.29, 1.82) is 0 Å². The van der Waals surface area contributed by atoms with Crippen LogP contribution >= 0.6 is 0 Å². The zero-order chi connectivity index (χ0) is 23.4. The molecular formula is C24H27F2N5O2. The second-order valence-corrected chi connectivity index (χ2v) is 8.13. The number of likely N-dealkylation sites (tertiary alicyclic amines) is 1. The topological polar surface area (TPSA) is 71.4 Å². The summed E-state index contributed by atoms with van der Waals surface area (Å²) in [7, 11) is 3.37. The standard InChI is InChI=1S/C24H27F2N5O2/c1-30-23(13-21(29-30)16-6-4-3-5-7-16)28-24(32)27-22-15-31(10-11-33-2)14-19(22)18-9-8-17(25)12-20(18)26/h3-9,12-13,19,22H,10-11,14-15H2,1-2H3,(H2,27,28,32). The lowest BCUT2D eigenvalue weighted by atomic mass is 9.94. The fraction of sp³-hybridized carbons (Fsp3) is 0.333. The van der Waals surface area contributed by atoms with Gasteiger partial charge in [0.05, 0.1) is 18.3 Å². The Kier molecular flexibility index (Phi) is 7.00. The zero-order valence-electron chi connectivity index (χ0n) is 18.6. The number of urea groups is 1. The first-order chi connectivity index (χ1) is 15.9. The molecule has 2 unspecified atom stereocenters. The number of methoxy groups -OCH3 is 1. The highest BCUT2D eigenvalue weighted by molar-refractivity contribution is 5.89. The molecule has 33 heavy (non-hydrogen) atoms. The molecule has 174 valence electrons. The van der Waals surface area contributed by atoms with Crippen molar-refractivity contribution in [1.82, 2.24) is 20.0 Å². The number of halogens is 2. The minimum absolute atomic E-state index is 0.320. The SMILES string of the molecule is COCCN1CC(NC(=O)Nc2cc(-c3ccccc3)nn2C)C(c2ccc(F)cc2F)C1. The van der Waals surface area contributed by atoms with Gasteiger partial charge in [-0.15, -0.1) is 0 Å². The van der Waals surface area contributed by atoms with E-state index < -0.39 is 17.7 Å². The molecular weight excluding hydrogens is 428 g/mol. The van der Waals surface area contributed by atoms with E-state index in [1.165, 1.54) is 12.1 Å². The van der Waals surface area contributed by atoms with E-state index in [0.29, 0.717) is 37.6 Å². The monoisotopic (exact) mass is 455 g/mol. The van der Waals surface area contributed by atoms with Crippen molar-refractivity contribution in [3.63, 3.8) is 0 Å². The van der Waals surface area contributed by atoms with Crippen LogP contribution in [-0.2, 0) is 11.8 Å². The van der Waals surface area contributed by atoms with Gasteiger partial charge in [0.25, 0.3) is 0 Å². The molecule has 0 saturated carbocycles. The normalized spacial score (nSPS) is 18.4. The average Bonchev–Trinajstić information content (AvgIpc) is 3.36. The summed E-state index contributed by atoms with van der Waals surface area (Å²) in [5, 5.41) is 10.3. The van der Waals surface area contributed by atoms with Crippen molar-refractivity contribution in [3.8, 4) is 11.3 Å². The molecule has 1 aliphatic rings. The molecule has 1 saturated heterocycles. The Morgan fingerprint density at radius 1 is 1.15 bits per heavy atom. The van der Waals surface area contributed by atoms with Crippen LogP contribution < -0.4 is 10.6 Å². The Bertz CT molecular complexity index is 1110. The summed E-state index contributed by atoms with van der Waals surface area (Å²) in [6.07, 6.45) is 0. The molecule has 0 bridgehead atoms. The lowest BCUT2D eigenvalue weighted by molar-refractivity contribution is 0.159. The molecule has 9 heteroatoms. The van der Waals surface area contributed by atoms with Crippen LogP contribution in [0.1, 0.15) is 11.5 Å². The molecule has 0 aliphatic carbocycles. The predicted molar refractivity (Wildman–Crippen MR) is 122 cm³/mol. The van der Waals surface area contributed by atoms with E-state index in [4.69, 9.17) is 4.74 Å². The number of anilines is 1. The molecule has 2 atom stereocenters. The fourth-order valence-electron chi connectivity index (χ4n) is 4.21. The Balaban J connectivity index is 1.48. The second kappa shape index (κ2) is 10.1. The zero-order valence-corrected chi connectivity index (χ0v) is 18.6. The largest absolute Gasteiger partial charge is 0.383 e. The summed E-state index contributed by atoms with van der Waals surface area (Å²) in [4.78, 5) is 14.9. The molecule has 1 aliphatic heterocycles. The van der Waals surface area contributed by atoms with Gasteiger partial charge in [0.2, 0.25) is 0 Å². The number of carbonyl (C=O) groups is 1. The molecule has 2 aromatic carbocycles. The van der Waals surface area contributed by atoms with Gasteiger partial charge in [-0.05, 0) is 11.6 Å². The van der Waals surface area contributed by atoms with Gasteiger partial charge < -0.3 is 10.1 Å². The quantitative estimate of drug-likeness (QED) is 0.571. The third-order valence-electron chi connectivity index (χ3n) is 5.88. The molecule has 7 nitrogen and oxygen atoms in total. The summed E-state index contributed by atoms with van der Waals surface area (Å²) in [5.74, 6) is -1.03. The molecule has 2 heterocycles. The average molecular weight is 456 g/mol. The molecule has 3 aromatic rings. The molecule has 2 N–H and O–H groups in total. The Hall–Kier alpha value is -3.30. The van der Waals surface area contributed by atoms with E-state index in [9.17, 15) is 13.6 Å². The number of benzene rings is 2. The van der Waals surface area contributed by atoms with Gasteiger partial charge in [-0.3, -0.25) is 14.9 Å². The van der Waals surface area contributed by atoms with E-state index in [-0.39, 0.29) is 12.0 Å². The summed E-state index contributed by atoms with van der Waals surface area (Å²) in [6, 6.07) is 14.3. The van der Waals surface area contributed by atoms with Crippen LogP contribution in [0.2, 0.25) is 0 Å². The number of aromatic nitrogens is 2. The predicted octanol–water partition coefficient (Wildman–Crippen LogP) is 3.60. The van der Waals surface area contributed by atoms with Gasteiger partial charge in [-0.2, -0.15) is 5.10 Å². The number of rotatable bonds is 7. The van der Waals surface area contributed by atoms with Crippen molar-refractivity contribution in [2.75, 3.05) is 38.7 Å². The van der Waals surface area contributed by atoms with Gasteiger partial charge >= 0.3 is 6.03 Å². The Morgan fingerprint density at radius 2 is 1.94 bits per heavy atom. The summed E-state index contributed by atoms with van der Waals surface area (Å²) in [5.41, 5.74) is 2.07. The van der Waals surface area contributed by atoms with Crippen molar-refractivity contribution in [3.05, 3.63) is 71.8 Å². The number of hydrogen-bond donors (Lipinski definition) is 2.